The van der Waals surface area contributed by atoms with Crippen LogP contribution in [0, 0.1) is 5.53 Å². The largest absolute Gasteiger partial charge is 0.371 e. The molecule has 1 aliphatic rings. The molecule has 0 saturated carbocycles. The summed E-state index contributed by atoms with van der Waals surface area (Å²) in [6.45, 7) is 2.28. The first kappa shape index (κ1) is 11.2. The van der Waals surface area contributed by atoms with E-state index < -0.39 is 0 Å². The molecule has 1 heterocycles. The van der Waals surface area contributed by atoms with Gasteiger partial charge in [-0.2, -0.15) is 5.11 Å². The van der Waals surface area contributed by atoms with E-state index in [0.717, 1.165) is 24.2 Å². The molecule has 0 amide bonds. The molecule has 18 heavy (non-hydrogen) atoms. The highest BCUT2D eigenvalue weighted by molar-refractivity contribution is 6.01. The van der Waals surface area contributed by atoms with E-state index in [2.05, 4.69) is 34.3 Å². The Bertz CT molecular complexity index is 571. The second-order valence-corrected chi connectivity index (χ2v) is 4.81. The van der Waals surface area contributed by atoms with Gasteiger partial charge in [0.2, 0.25) is 0 Å². The van der Waals surface area contributed by atoms with E-state index in [-0.39, 0.29) is 0 Å². The highest BCUT2D eigenvalue weighted by Crippen LogP contribution is 2.34. The molecule has 0 aliphatic carbocycles. The van der Waals surface area contributed by atoms with E-state index >= 15 is 0 Å². The Hall–Kier alpha value is -1.90. The summed E-state index contributed by atoms with van der Waals surface area (Å²) in [7, 11) is 0. The van der Waals surface area contributed by atoms with Gasteiger partial charge in [0.1, 0.15) is 0 Å². The monoisotopic (exact) mass is 239 g/mol. The lowest BCUT2D eigenvalue weighted by molar-refractivity contribution is 0.579. The van der Waals surface area contributed by atoms with Gasteiger partial charge < -0.3 is 4.90 Å². The van der Waals surface area contributed by atoms with Crippen molar-refractivity contribution in [1.82, 2.24) is 0 Å². The molecule has 1 fully saturated rings. The highest BCUT2D eigenvalue weighted by Gasteiger charge is 2.14. The lowest BCUT2D eigenvalue weighted by atomic mass is 10.0. The number of nitrogens with one attached hydrogen (secondary N) is 1. The number of benzene rings is 2. The van der Waals surface area contributed by atoms with E-state index in [1.54, 1.807) is 0 Å². The Morgan fingerprint density at radius 2 is 1.61 bits per heavy atom. The van der Waals surface area contributed by atoms with Gasteiger partial charge in [0.05, 0.1) is 5.69 Å². The molecule has 3 rings (SSSR count). The van der Waals surface area contributed by atoms with E-state index in [4.69, 9.17) is 5.53 Å². The van der Waals surface area contributed by atoms with Gasteiger partial charge in [-0.25, -0.2) is 5.53 Å². The molecule has 1 aliphatic heterocycles. The predicted molar refractivity (Wildman–Crippen MR) is 74.8 cm³/mol. The Morgan fingerprint density at radius 1 is 0.889 bits per heavy atom. The molecular formula is C15H17N3. The predicted octanol–water partition coefficient (Wildman–Crippen LogP) is 4.49. The molecular weight excluding hydrogens is 222 g/mol. The number of fused-ring (bicyclic) bond motifs is 1. The number of hydrogen-bond acceptors (Lipinski definition) is 3. The first-order valence-corrected chi connectivity index (χ1v) is 6.54. The van der Waals surface area contributed by atoms with Crippen LogP contribution in [0.1, 0.15) is 19.3 Å². The van der Waals surface area contributed by atoms with Gasteiger partial charge >= 0.3 is 0 Å². The standard InChI is InChI=1S/C15H17N3/c16-17-14-8-9-15(18-10-4-1-5-11-18)13-7-3-2-6-12(13)14/h2-3,6-9,16H,1,4-5,10-11H2. The minimum absolute atomic E-state index is 0.756. The first-order valence-electron chi connectivity index (χ1n) is 6.54. The average Bonchev–Trinajstić information content (AvgIpc) is 2.47. The van der Waals surface area contributed by atoms with E-state index in [9.17, 15) is 0 Å². The smallest absolute Gasteiger partial charge is 0.0929 e. The third-order valence-corrected chi connectivity index (χ3v) is 3.70. The molecule has 2 aromatic carbocycles. The topological polar surface area (TPSA) is 39.5 Å². The molecule has 0 unspecified atom stereocenters. The fourth-order valence-corrected chi connectivity index (χ4v) is 2.78. The number of hydrogen-bond donors (Lipinski definition) is 1. The molecule has 2 aromatic rings. The van der Waals surface area contributed by atoms with Crippen LogP contribution in [-0.4, -0.2) is 13.1 Å². The zero-order valence-corrected chi connectivity index (χ0v) is 10.4. The van der Waals surface area contributed by atoms with Crippen LogP contribution in [0.4, 0.5) is 11.4 Å². The van der Waals surface area contributed by atoms with Crippen LogP contribution in [-0.2, 0) is 0 Å². The zero-order chi connectivity index (χ0) is 12.4. The molecule has 1 N–H and O–H groups in total. The van der Waals surface area contributed by atoms with Crippen LogP contribution >= 0.6 is 0 Å². The van der Waals surface area contributed by atoms with Gasteiger partial charge in [-0.05, 0) is 31.4 Å². The SMILES string of the molecule is N=Nc1ccc(N2CCCCC2)c2ccccc12. The van der Waals surface area contributed by atoms with Crippen LogP contribution in [0.3, 0.4) is 0 Å². The number of rotatable bonds is 2. The molecule has 0 radical (unpaired) electrons. The van der Waals surface area contributed by atoms with Crippen LogP contribution in [0.2, 0.25) is 0 Å². The van der Waals surface area contributed by atoms with Gasteiger partial charge in [0, 0.05) is 29.5 Å². The van der Waals surface area contributed by atoms with Gasteiger partial charge in [-0.15, -0.1) is 0 Å². The van der Waals surface area contributed by atoms with Crippen molar-refractivity contribution >= 4 is 22.1 Å². The van der Waals surface area contributed by atoms with Crippen LogP contribution < -0.4 is 4.90 Å². The van der Waals surface area contributed by atoms with Crippen LogP contribution in [0.25, 0.3) is 10.8 Å². The Labute approximate surface area is 107 Å². The van der Waals surface area contributed by atoms with Crippen molar-refractivity contribution in [3.8, 4) is 0 Å². The van der Waals surface area contributed by atoms with Gasteiger partial charge in [0.25, 0.3) is 0 Å². The lowest BCUT2D eigenvalue weighted by Gasteiger charge is -2.30. The summed E-state index contributed by atoms with van der Waals surface area (Å²) in [5, 5.41) is 5.91. The van der Waals surface area contributed by atoms with E-state index in [0.29, 0.717) is 0 Å². The number of nitrogens with zero attached hydrogens (tertiary/aromatic N) is 2. The third-order valence-electron chi connectivity index (χ3n) is 3.70. The fourth-order valence-electron chi connectivity index (χ4n) is 2.78. The second kappa shape index (κ2) is 4.77. The number of anilines is 1. The molecule has 0 bridgehead atoms. The average molecular weight is 239 g/mol. The normalized spacial score (nSPS) is 15.9. The molecule has 0 spiro atoms. The van der Waals surface area contributed by atoms with Crippen molar-refractivity contribution < 1.29 is 0 Å². The van der Waals surface area contributed by atoms with Crippen molar-refractivity contribution in [2.45, 2.75) is 19.3 Å². The summed E-state index contributed by atoms with van der Waals surface area (Å²) in [5.74, 6) is 0. The fraction of sp³-hybridized carbons (Fsp3) is 0.333. The molecule has 92 valence electrons. The van der Waals surface area contributed by atoms with Gasteiger partial charge in [0.15, 0.2) is 0 Å². The summed E-state index contributed by atoms with van der Waals surface area (Å²) in [6.07, 6.45) is 3.90. The summed E-state index contributed by atoms with van der Waals surface area (Å²) < 4.78 is 0. The summed E-state index contributed by atoms with van der Waals surface area (Å²) in [5.41, 5.74) is 9.30. The van der Waals surface area contributed by atoms with E-state index in [1.807, 2.05) is 12.1 Å². The maximum absolute atomic E-state index is 7.25. The molecule has 3 heteroatoms. The minimum atomic E-state index is 0.756. The van der Waals surface area contributed by atoms with Crippen LogP contribution in [0.5, 0.6) is 0 Å². The van der Waals surface area contributed by atoms with Crippen LogP contribution in [0.15, 0.2) is 41.5 Å². The Morgan fingerprint density at radius 3 is 2.33 bits per heavy atom. The minimum Gasteiger partial charge on any atom is -0.371 e. The third kappa shape index (κ3) is 1.86. The maximum atomic E-state index is 7.25. The quantitative estimate of drug-likeness (QED) is 0.770. The van der Waals surface area contributed by atoms with Gasteiger partial charge in [-0.3, -0.25) is 0 Å². The van der Waals surface area contributed by atoms with Crippen molar-refractivity contribution in [1.29, 1.82) is 5.53 Å². The second-order valence-electron chi connectivity index (χ2n) is 4.81. The Balaban J connectivity index is 2.14. The van der Waals surface area contributed by atoms with Gasteiger partial charge in [-0.1, -0.05) is 24.3 Å². The summed E-state index contributed by atoms with van der Waals surface area (Å²) in [4.78, 5) is 2.46. The summed E-state index contributed by atoms with van der Waals surface area (Å²) in [6, 6.07) is 12.3. The molecule has 0 aromatic heterocycles. The van der Waals surface area contributed by atoms with Crippen molar-refractivity contribution in [2.75, 3.05) is 18.0 Å². The lowest BCUT2D eigenvalue weighted by Crippen LogP contribution is -2.29. The molecule has 1 saturated heterocycles. The zero-order valence-electron chi connectivity index (χ0n) is 10.4. The summed E-state index contributed by atoms with van der Waals surface area (Å²) >= 11 is 0. The van der Waals surface area contributed by atoms with Crippen molar-refractivity contribution in [2.24, 2.45) is 5.11 Å². The first-order chi connectivity index (χ1) is 8.90. The van der Waals surface area contributed by atoms with Crippen molar-refractivity contribution in [3.63, 3.8) is 0 Å². The highest BCUT2D eigenvalue weighted by atomic mass is 15.1. The Kier molecular flexibility index (Phi) is 2.97. The molecule has 3 nitrogen and oxygen atoms in total. The molecule has 0 atom stereocenters. The maximum Gasteiger partial charge on any atom is 0.0929 e. The van der Waals surface area contributed by atoms with Crippen molar-refractivity contribution in [3.05, 3.63) is 36.4 Å². The number of piperidine rings is 1. The van der Waals surface area contributed by atoms with E-state index in [1.165, 1.54) is 30.3 Å².